The highest BCUT2D eigenvalue weighted by molar-refractivity contribution is 6.32. The minimum absolute atomic E-state index is 0.0395. The number of rotatable bonds is 4. The van der Waals surface area contributed by atoms with Gasteiger partial charge in [0, 0.05) is 0 Å². The quantitative estimate of drug-likeness (QED) is 0.902. The Kier molecular flexibility index (Phi) is 3.99. The van der Waals surface area contributed by atoms with Crippen LogP contribution >= 0.6 is 11.6 Å². The van der Waals surface area contributed by atoms with Gasteiger partial charge in [-0.15, -0.1) is 0 Å². The van der Waals surface area contributed by atoms with Gasteiger partial charge >= 0.3 is 12.0 Å². The highest BCUT2D eigenvalue weighted by Gasteiger charge is 2.11. The fraction of sp³-hybridized carbons (Fsp3) is 0.0833. The molecule has 1 aromatic carbocycles. The number of anilines is 2. The standard InChI is InChI=1S/C12H9ClFN3O3/c1-20-12-15-5-7(13)10(17-12)16-9-3-2-6(11(18)19)4-8(9)14/h2-5H,1H3,(H,18,19)(H,15,16,17). The first-order chi connectivity index (χ1) is 9.51. The SMILES string of the molecule is COc1ncc(Cl)c(Nc2ccc(C(=O)O)cc2F)n1. The average molecular weight is 298 g/mol. The summed E-state index contributed by atoms with van der Waals surface area (Å²) in [6.45, 7) is 0. The summed E-state index contributed by atoms with van der Waals surface area (Å²) in [4.78, 5) is 18.4. The lowest BCUT2D eigenvalue weighted by atomic mass is 10.2. The van der Waals surface area contributed by atoms with Gasteiger partial charge < -0.3 is 15.2 Å². The molecule has 0 saturated carbocycles. The molecule has 0 radical (unpaired) electrons. The van der Waals surface area contributed by atoms with E-state index in [1.165, 1.54) is 25.4 Å². The Balaban J connectivity index is 2.32. The number of methoxy groups -OCH3 is 1. The smallest absolute Gasteiger partial charge is 0.335 e. The van der Waals surface area contributed by atoms with Crippen LogP contribution in [-0.2, 0) is 0 Å². The van der Waals surface area contributed by atoms with E-state index in [1.54, 1.807) is 0 Å². The van der Waals surface area contributed by atoms with Crippen molar-refractivity contribution in [1.82, 2.24) is 9.97 Å². The number of aromatic nitrogens is 2. The van der Waals surface area contributed by atoms with Crippen LogP contribution in [0.4, 0.5) is 15.9 Å². The van der Waals surface area contributed by atoms with Gasteiger partial charge in [0.25, 0.3) is 0 Å². The van der Waals surface area contributed by atoms with E-state index in [9.17, 15) is 9.18 Å². The maximum atomic E-state index is 13.8. The zero-order valence-corrected chi connectivity index (χ0v) is 11.0. The maximum absolute atomic E-state index is 13.8. The van der Waals surface area contributed by atoms with Crippen LogP contribution in [0.15, 0.2) is 24.4 Å². The third-order valence-corrected chi connectivity index (χ3v) is 2.65. The number of carboxylic acid groups (broad SMARTS) is 1. The molecule has 0 aliphatic rings. The highest BCUT2D eigenvalue weighted by Crippen LogP contribution is 2.26. The first kappa shape index (κ1) is 14.0. The Hall–Kier alpha value is -2.41. The minimum Gasteiger partial charge on any atom is -0.478 e. The number of aromatic carboxylic acids is 1. The van der Waals surface area contributed by atoms with Gasteiger partial charge in [0.2, 0.25) is 0 Å². The highest BCUT2D eigenvalue weighted by atomic mass is 35.5. The van der Waals surface area contributed by atoms with Gasteiger partial charge in [-0.2, -0.15) is 4.98 Å². The second kappa shape index (κ2) is 5.70. The minimum atomic E-state index is -1.21. The summed E-state index contributed by atoms with van der Waals surface area (Å²) in [6.07, 6.45) is 1.30. The van der Waals surface area contributed by atoms with Crippen molar-refractivity contribution < 1.29 is 19.0 Å². The van der Waals surface area contributed by atoms with Crippen LogP contribution in [0, 0.1) is 5.82 Å². The third kappa shape index (κ3) is 2.94. The number of halogens is 2. The van der Waals surface area contributed by atoms with Crippen LogP contribution in [0.3, 0.4) is 0 Å². The van der Waals surface area contributed by atoms with Crippen molar-refractivity contribution in [2.75, 3.05) is 12.4 Å². The van der Waals surface area contributed by atoms with E-state index in [2.05, 4.69) is 15.3 Å². The van der Waals surface area contributed by atoms with Crippen molar-refractivity contribution in [1.29, 1.82) is 0 Å². The molecule has 2 aromatic rings. The van der Waals surface area contributed by atoms with Gasteiger partial charge in [0.05, 0.1) is 24.6 Å². The Morgan fingerprint density at radius 1 is 1.50 bits per heavy atom. The van der Waals surface area contributed by atoms with Crippen molar-refractivity contribution in [2.45, 2.75) is 0 Å². The molecule has 1 aromatic heterocycles. The molecule has 8 heteroatoms. The molecular formula is C12H9ClFN3O3. The third-order valence-electron chi connectivity index (χ3n) is 2.37. The van der Waals surface area contributed by atoms with Gasteiger partial charge in [-0.1, -0.05) is 11.6 Å². The molecule has 0 bridgehead atoms. The van der Waals surface area contributed by atoms with Crippen LogP contribution in [0.2, 0.25) is 5.02 Å². The monoisotopic (exact) mass is 297 g/mol. The van der Waals surface area contributed by atoms with Gasteiger partial charge in [0.1, 0.15) is 10.8 Å². The predicted octanol–water partition coefficient (Wildman–Crippen LogP) is 2.72. The number of nitrogens with zero attached hydrogens (tertiary/aromatic N) is 2. The van der Waals surface area contributed by atoms with Crippen LogP contribution < -0.4 is 10.1 Å². The van der Waals surface area contributed by atoms with E-state index in [4.69, 9.17) is 21.4 Å². The first-order valence-electron chi connectivity index (χ1n) is 5.37. The molecule has 0 atom stereocenters. The summed E-state index contributed by atoms with van der Waals surface area (Å²) in [5, 5.41) is 11.6. The molecule has 20 heavy (non-hydrogen) atoms. The van der Waals surface area contributed by atoms with Gasteiger partial charge in [-0.25, -0.2) is 14.2 Å². The van der Waals surface area contributed by atoms with E-state index in [-0.39, 0.29) is 28.1 Å². The second-order valence-corrected chi connectivity index (χ2v) is 4.09. The van der Waals surface area contributed by atoms with Crippen LogP contribution in [0.25, 0.3) is 0 Å². The number of hydrogen-bond donors (Lipinski definition) is 2. The van der Waals surface area contributed by atoms with Crippen molar-refractivity contribution in [2.24, 2.45) is 0 Å². The van der Waals surface area contributed by atoms with E-state index in [0.717, 1.165) is 6.07 Å². The molecule has 2 N–H and O–H groups in total. The predicted molar refractivity (Wildman–Crippen MR) is 70.2 cm³/mol. The molecule has 2 rings (SSSR count). The zero-order valence-electron chi connectivity index (χ0n) is 10.2. The Labute approximate surface area is 118 Å². The van der Waals surface area contributed by atoms with Crippen LogP contribution in [0.1, 0.15) is 10.4 Å². The molecular weight excluding hydrogens is 289 g/mol. The number of carboxylic acids is 1. The number of hydrogen-bond acceptors (Lipinski definition) is 5. The van der Waals surface area contributed by atoms with Gasteiger partial charge in [0.15, 0.2) is 5.82 Å². The molecule has 0 unspecified atom stereocenters. The summed E-state index contributed by atoms with van der Waals surface area (Å²) in [6, 6.07) is 3.51. The lowest BCUT2D eigenvalue weighted by Gasteiger charge is -2.09. The molecule has 1 heterocycles. The summed E-state index contributed by atoms with van der Waals surface area (Å²) < 4.78 is 18.6. The Bertz CT molecular complexity index is 666. The normalized spacial score (nSPS) is 10.2. The number of benzene rings is 1. The first-order valence-corrected chi connectivity index (χ1v) is 5.75. The van der Waals surface area contributed by atoms with Crippen molar-refractivity contribution >= 4 is 29.1 Å². The van der Waals surface area contributed by atoms with E-state index >= 15 is 0 Å². The summed E-state index contributed by atoms with van der Waals surface area (Å²) >= 11 is 5.88. The van der Waals surface area contributed by atoms with E-state index < -0.39 is 11.8 Å². The molecule has 104 valence electrons. The topological polar surface area (TPSA) is 84.3 Å². The van der Waals surface area contributed by atoms with E-state index in [0.29, 0.717) is 0 Å². The summed E-state index contributed by atoms with van der Waals surface area (Å²) in [5.41, 5.74) is -0.114. The number of nitrogens with one attached hydrogen (secondary N) is 1. The van der Waals surface area contributed by atoms with Crippen molar-refractivity contribution in [3.8, 4) is 6.01 Å². The molecule has 0 aliphatic carbocycles. The second-order valence-electron chi connectivity index (χ2n) is 3.68. The maximum Gasteiger partial charge on any atom is 0.335 e. The summed E-state index contributed by atoms with van der Waals surface area (Å²) in [7, 11) is 1.38. The van der Waals surface area contributed by atoms with Crippen LogP contribution in [-0.4, -0.2) is 28.2 Å². The average Bonchev–Trinajstić information content (AvgIpc) is 2.43. The molecule has 6 nitrogen and oxygen atoms in total. The van der Waals surface area contributed by atoms with Gasteiger partial charge in [-0.05, 0) is 18.2 Å². The summed E-state index contributed by atoms with van der Waals surface area (Å²) in [5.74, 6) is -1.80. The zero-order chi connectivity index (χ0) is 14.7. The molecule has 0 spiro atoms. The fourth-order valence-electron chi connectivity index (χ4n) is 1.41. The largest absolute Gasteiger partial charge is 0.478 e. The lowest BCUT2D eigenvalue weighted by molar-refractivity contribution is 0.0696. The van der Waals surface area contributed by atoms with Crippen molar-refractivity contribution in [3.05, 3.63) is 40.8 Å². The Morgan fingerprint density at radius 2 is 2.25 bits per heavy atom. The number of ether oxygens (including phenoxy) is 1. The van der Waals surface area contributed by atoms with Gasteiger partial charge in [-0.3, -0.25) is 0 Å². The molecule has 0 saturated heterocycles. The van der Waals surface area contributed by atoms with E-state index in [1.807, 2.05) is 0 Å². The fourth-order valence-corrected chi connectivity index (χ4v) is 1.55. The molecule has 0 aliphatic heterocycles. The molecule has 0 amide bonds. The lowest BCUT2D eigenvalue weighted by Crippen LogP contribution is -2.02. The number of carbonyl (C=O) groups is 1. The van der Waals surface area contributed by atoms with Crippen molar-refractivity contribution in [3.63, 3.8) is 0 Å². The molecule has 0 fully saturated rings. The Morgan fingerprint density at radius 3 is 2.85 bits per heavy atom. The van der Waals surface area contributed by atoms with Crippen LogP contribution in [0.5, 0.6) is 6.01 Å².